The summed E-state index contributed by atoms with van der Waals surface area (Å²) in [5, 5.41) is 12.2. The Morgan fingerprint density at radius 3 is 2.59 bits per heavy atom. The molecule has 0 aliphatic carbocycles. The van der Waals surface area contributed by atoms with Crippen LogP contribution in [0.2, 0.25) is 10.0 Å². The first-order valence-corrected chi connectivity index (χ1v) is 14.6. The summed E-state index contributed by atoms with van der Waals surface area (Å²) in [6.45, 7) is 1.80. The average Bonchev–Trinajstić information content (AvgIpc) is 3.36. The van der Waals surface area contributed by atoms with Crippen molar-refractivity contribution in [3.05, 3.63) is 110 Å². The fourth-order valence-electron chi connectivity index (χ4n) is 4.91. The molecule has 12 heteroatoms. The summed E-state index contributed by atoms with van der Waals surface area (Å²) < 4.78 is 1.95. The molecule has 2 aromatic heterocycles. The molecule has 1 unspecified atom stereocenters. The van der Waals surface area contributed by atoms with Gasteiger partial charge < -0.3 is 21.4 Å². The molecule has 4 aromatic rings. The summed E-state index contributed by atoms with van der Waals surface area (Å²) >= 11 is 14.6. The molecular weight excluding hydrogens is 583 g/mol. The Balaban J connectivity index is 0.00000387. The number of aryl methyl sites for hydroxylation is 2. The van der Waals surface area contributed by atoms with Crippen LogP contribution in [0.25, 0.3) is 11.1 Å². The lowest BCUT2D eigenvalue weighted by molar-refractivity contribution is -0.384. The van der Waals surface area contributed by atoms with Crippen LogP contribution in [0.15, 0.2) is 72.9 Å². The fourth-order valence-corrected chi connectivity index (χ4v) is 6.66. The number of nitrogens with two attached hydrogens (primary N) is 1. The predicted octanol–water partition coefficient (Wildman–Crippen LogP) is 7.07. The number of carbonyl (C=O) groups is 1. The number of rotatable bonds is 8. The molecule has 9 nitrogen and oxygen atoms in total. The maximum Gasteiger partial charge on any atom is 0.311 e. The zero-order valence-electron chi connectivity index (χ0n) is 22.2. The van der Waals surface area contributed by atoms with E-state index in [1.54, 1.807) is 18.2 Å². The van der Waals surface area contributed by atoms with Gasteiger partial charge in [0.1, 0.15) is 5.69 Å². The highest BCUT2D eigenvalue weighted by atomic mass is 35.5. The molecule has 214 valence electrons. The van der Waals surface area contributed by atoms with Crippen LogP contribution >= 0.6 is 35.0 Å². The van der Waals surface area contributed by atoms with E-state index in [0.29, 0.717) is 53.9 Å². The Kier molecular flexibility index (Phi) is 9.93. The zero-order chi connectivity index (χ0) is 28.2. The number of nitrogens with zero attached hydrogens (tertiary/aromatic N) is 4. The maximum atomic E-state index is 14.1. The SMILES string of the molecule is N.Nc1nc(CCCn2ccc(-c3ccc(Cl)cc3Cl)c2C(=O)N2CCSC(c3ccccc3)C2)ccc1[N+](=O)[O-]. The second-order valence-electron chi connectivity index (χ2n) is 9.48. The van der Waals surface area contributed by atoms with Crippen LogP contribution in [0.4, 0.5) is 11.5 Å². The molecule has 5 rings (SSSR count). The van der Waals surface area contributed by atoms with Gasteiger partial charge in [0.15, 0.2) is 0 Å². The first kappa shape index (κ1) is 30.4. The molecule has 1 aliphatic rings. The Hall–Kier alpha value is -3.57. The Bertz CT molecular complexity index is 1550. The summed E-state index contributed by atoms with van der Waals surface area (Å²) in [5.74, 6) is 0.691. The third kappa shape index (κ3) is 6.84. The lowest BCUT2D eigenvalue weighted by Crippen LogP contribution is -2.40. The number of anilines is 1. The molecule has 41 heavy (non-hydrogen) atoms. The topological polar surface area (TPSA) is 142 Å². The number of thioether (sulfide) groups is 1. The monoisotopic (exact) mass is 612 g/mol. The number of benzene rings is 2. The number of aromatic nitrogens is 2. The summed E-state index contributed by atoms with van der Waals surface area (Å²) in [7, 11) is 0. The van der Waals surface area contributed by atoms with Crippen molar-refractivity contribution in [2.24, 2.45) is 0 Å². The van der Waals surface area contributed by atoms with E-state index < -0.39 is 4.92 Å². The van der Waals surface area contributed by atoms with Crippen LogP contribution in [0.1, 0.15) is 33.4 Å². The van der Waals surface area contributed by atoms with Gasteiger partial charge in [-0.15, -0.1) is 0 Å². The number of amides is 1. The van der Waals surface area contributed by atoms with Crippen molar-refractivity contribution in [3.8, 4) is 11.1 Å². The Morgan fingerprint density at radius 2 is 1.88 bits per heavy atom. The molecule has 0 bridgehead atoms. The number of hydrogen-bond donors (Lipinski definition) is 2. The number of hydrogen-bond acceptors (Lipinski definition) is 7. The summed E-state index contributed by atoms with van der Waals surface area (Å²) in [6.07, 6.45) is 3.09. The van der Waals surface area contributed by atoms with Crippen molar-refractivity contribution in [2.75, 3.05) is 24.6 Å². The quantitative estimate of drug-likeness (QED) is 0.160. The molecule has 3 heterocycles. The molecule has 5 N–H and O–H groups in total. The lowest BCUT2D eigenvalue weighted by atomic mass is 10.0. The fraction of sp³-hybridized carbons (Fsp3) is 0.241. The second kappa shape index (κ2) is 13.4. The number of pyridine rings is 1. The minimum Gasteiger partial charge on any atom is -0.378 e. The highest BCUT2D eigenvalue weighted by Crippen LogP contribution is 2.37. The highest BCUT2D eigenvalue weighted by molar-refractivity contribution is 7.99. The van der Waals surface area contributed by atoms with Crippen LogP contribution in [-0.4, -0.2) is 44.1 Å². The van der Waals surface area contributed by atoms with Gasteiger partial charge in [-0.2, -0.15) is 11.8 Å². The van der Waals surface area contributed by atoms with Gasteiger partial charge in [-0.05, 0) is 42.7 Å². The number of nitro groups is 1. The van der Waals surface area contributed by atoms with E-state index in [1.807, 2.05) is 57.8 Å². The summed E-state index contributed by atoms with van der Waals surface area (Å²) in [4.78, 5) is 30.8. The second-order valence-corrected chi connectivity index (χ2v) is 11.6. The minimum atomic E-state index is -0.547. The van der Waals surface area contributed by atoms with Gasteiger partial charge in [-0.25, -0.2) is 4.98 Å². The van der Waals surface area contributed by atoms with Crippen molar-refractivity contribution in [1.82, 2.24) is 20.6 Å². The van der Waals surface area contributed by atoms with Crippen LogP contribution in [0.5, 0.6) is 0 Å². The smallest absolute Gasteiger partial charge is 0.311 e. The Labute approximate surface area is 252 Å². The van der Waals surface area contributed by atoms with Crippen LogP contribution in [-0.2, 0) is 13.0 Å². The van der Waals surface area contributed by atoms with E-state index in [2.05, 4.69) is 17.1 Å². The molecule has 1 saturated heterocycles. The molecule has 0 saturated carbocycles. The third-order valence-electron chi connectivity index (χ3n) is 6.90. The molecule has 1 aliphatic heterocycles. The standard InChI is InChI=1S/C29H27Cl2N5O3S.H3N/c30-20-8-10-22(24(31)17-20)23-12-14-34(13-4-7-21-9-11-25(36(38)39)28(32)33-21)27(23)29(37)35-15-16-40-26(18-35)19-5-2-1-3-6-19;/h1-3,5-6,8-12,14,17,26H,4,7,13,15-16,18H2,(H2,32,33);1H3. The normalized spacial score (nSPS) is 14.9. The van der Waals surface area contributed by atoms with Gasteiger partial charge in [0.05, 0.1) is 4.92 Å². The molecule has 1 fully saturated rings. The molecule has 0 spiro atoms. The van der Waals surface area contributed by atoms with Crippen molar-refractivity contribution < 1.29 is 9.72 Å². The van der Waals surface area contributed by atoms with E-state index in [-0.39, 0.29) is 28.8 Å². The van der Waals surface area contributed by atoms with Gasteiger partial charge in [0, 0.05) is 69.8 Å². The van der Waals surface area contributed by atoms with Gasteiger partial charge in [0.2, 0.25) is 5.82 Å². The summed E-state index contributed by atoms with van der Waals surface area (Å²) in [6, 6.07) is 20.4. The minimum absolute atomic E-state index is 0. The van der Waals surface area contributed by atoms with Gasteiger partial charge in [0.25, 0.3) is 5.91 Å². The molecule has 1 amide bonds. The van der Waals surface area contributed by atoms with Gasteiger partial charge >= 0.3 is 5.69 Å². The van der Waals surface area contributed by atoms with Crippen LogP contribution in [0, 0.1) is 10.1 Å². The van der Waals surface area contributed by atoms with E-state index in [0.717, 1.165) is 16.9 Å². The largest absolute Gasteiger partial charge is 0.378 e. The molecule has 1 atom stereocenters. The van der Waals surface area contributed by atoms with Crippen molar-refractivity contribution >= 4 is 52.4 Å². The zero-order valence-corrected chi connectivity index (χ0v) is 24.5. The number of nitrogen functional groups attached to an aromatic ring is 1. The van der Waals surface area contributed by atoms with E-state index >= 15 is 0 Å². The van der Waals surface area contributed by atoms with Crippen molar-refractivity contribution in [1.29, 1.82) is 0 Å². The first-order chi connectivity index (χ1) is 19.3. The first-order valence-electron chi connectivity index (χ1n) is 12.8. The van der Waals surface area contributed by atoms with E-state index in [4.69, 9.17) is 28.9 Å². The van der Waals surface area contributed by atoms with E-state index in [9.17, 15) is 14.9 Å². The van der Waals surface area contributed by atoms with Crippen molar-refractivity contribution in [3.63, 3.8) is 0 Å². The lowest BCUT2D eigenvalue weighted by Gasteiger charge is -2.33. The Morgan fingerprint density at radius 1 is 1.10 bits per heavy atom. The highest BCUT2D eigenvalue weighted by Gasteiger charge is 2.30. The maximum absolute atomic E-state index is 14.1. The van der Waals surface area contributed by atoms with Crippen LogP contribution < -0.4 is 11.9 Å². The molecule has 0 radical (unpaired) electrons. The van der Waals surface area contributed by atoms with Gasteiger partial charge in [-0.1, -0.05) is 59.6 Å². The predicted molar refractivity (Wildman–Crippen MR) is 166 cm³/mol. The summed E-state index contributed by atoms with van der Waals surface area (Å²) in [5.41, 5.74) is 9.47. The van der Waals surface area contributed by atoms with Gasteiger partial charge in [-0.3, -0.25) is 14.9 Å². The molecule has 2 aromatic carbocycles. The number of carbonyl (C=O) groups excluding carboxylic acids is 1. The van der Waals surface area contributed by atoms with Crippen LogP contribution in [0.3, 0.4) is 0 Å². The van der Waals surface area contributed by atoms with E-state index in [1.165, 1.54) is 11.6 Å². The van der Waals surface area contributed by atoms with Crippen molar-refractivity contribution in [2.45, 2.75) is 24.6 Å². The average molecular weight is 614 g/mol. The third-order valence-corrected chi connectivity index (χ3v) is 8.69. The molecular formula is C29H30Cl2N6O3S. The number of halogens is 2.